The van der Waals surface area contributed by atoms with Gasteiger partial charge in [0.2, 0.25) is 6.79 Å². The van der Waals surface area contributed by atoms with Crippen LogP contribution in [0, 0.1) is 0 Å². The number of carbonyl (C=O) groups excluding carboxylic acids is 1. The van der Waals surface area contributed by atoms with Crippen molar-refractivity contribution in [3.63, 3.8) is 0 Å². The highest BCUT2D eigenvalue weighted by atomic mass is 16.7. The van der Waals surface area contributed by atoms with E-state index in [0.29, 0.717) is 0 Å². The Balaban J connectivity index is 1.64. The fraction of sp³-hybridized carbons (Fsp3) is 0.471. The van der Waals surface area contributed by atoms with E-state index in [1.807, 2.05) is 11.0 Å². The van der Waals surface area contributed by atoms with Crippen LogP contribution in [0.25, 0.3) is 0 Å². The van der Waals surface area contributed by atoms with Crippen LogP contribution in [0.3, 0.4) is 0 Å². The number of carbonyl (C=O) groups is 1. The molecule has 4 heterocycles. The highest BCUT2D eigenvalue weighted by Gasteiger charge is 2.41. The SMILES string of the molecule is O=C1C2=C(CC3c4c(ccc5c4OCO5)CCN13)NCCC2. The largest absolute Gasteiger partial charge is 0.454 e. The maximum atomic E-state index is 12.9. The summed E-state index contributed by atoms with van der Waals surface area (Å²) >= 11 is 0. The number of nitrogens with zero attached hydrogens (tertiary/aromatic N) is 1. The molecule has 5 nitrogen and oxygen atoms in total. The highest BCUT2D eigenvalue weighted by Crippen LogP contribution is 2.48. The molecule has 22 heavy (non-hydrogen) atoms. The molecule has 1 atom stereocenters. The van der Waals surface area contributed by atoms with Crippen LogP contribution in [0.15, 0.2) is 23.4 Å². The van der Waals surface area contributed by atoms with Crippen LogP contribution in [-0.4, -0.2) is 30.7 Å². The topological polar surface area (TPSA) is 50.8 Å². The van der Waals surface area contributed by atoms with E-state index in [1.165, 1.54) is 5.56 Å². The van der Waals surface area contributed by atoms with Gasteiger partial charge in [0.05, 0.1) is 6.04 Å². The Labute approximate surface area is 128 Å². The van der Waals surface area contributed by atoms with E-state index in [0.717, 1.165) is 67.1 Å². The van der Waals surface area contributed by atoms with Crippen molar-refractivity contribution in [2.75, 3.05) is 19.9 Å². The van der Waals surface area contributed by atoms with E-state index in [1.54, 1.807) is 0 Å². The molecule has 0 bridgehead atoms. The fourth-order valence-electron chi connectivity index (χ4n) is 4.19. The van der Waals surface area contributed by atoms with Gasteiger partial charge in [0, 0.05) is 36.3 Å². The first kappa shape index (κ1) is 12.4. The molecule has 0 aliphatic carbocycles. The molecule has 4 aliphatic heterocycles. The quantitative estimate of drug-likeness (QED) is 0.794. The van der Waals surface area contributed by atoms with E-state index in [4.69, 9.17) is 9.47 Å². The minimum Gasteiger partial charge on any atom is -0.454 e. The second kappa shape index (κ2) is 4.41. The van der Waals surface area contributed by atoms with Gasteiger partial charge in [-0.1, -0.05) is 6.07 Å². The van der Waals surface area contributed by atoms with Gasteiger partial charge in [0.25, 0.3) is 5.91 Å². The van der Waals surface area contributed by atoms with Gasteiger partial charge in [-0.15, -0.1) is 0 Å². The summed E-state index contributed by atoms with van der Waals surface area (Å²) in [7, 11) is 0. The summed E-state index contributed by atoms with van der Waals surface area (Å²) in [5.41, 5.74) is 4.59. The predicted molar refractivity (Wildman–Crippen MR) is 79.6 cm³/mol. The maximum Gasteiger partial charge on any atom is 0.252 e. The number of amides is 1. The van der Waals surface area contributed by atoms with Gasteiger partial charge in [-0.25, -0.2) is 0 Å². The third-order valence-electron chi connectivity index (χ3n) is 5.22. The molecular formula is C17H18N2O3. The zero-order valence-corrected chi connectivity index (χ0v) is 12.4. The van der Waals surface area contributed by atoms with Crippen LogP contribution >= 0.6 is 0 Å². The number of hydrogen-bond acceptors (Lipinski definition) is 4. The molecule has 0 radical (unpaired) electrons. The first-order valence-electron chi connectivity index (χ1n) is 8.01. The lowest BCUT2D eigenvalue weighted by atomic mass is 9.83. The van der Waals surface area contributed by atoms with Gasteiger partial charge >= 0.3 is 0 Å². The molecule has 1 aromatic rings. The lowest BCUT2D eigenvalue weighted by Crippen LogP contribution is -2.46. The van der Waals surface area contributed by atoms with Crippen LogP contribution in [0.2, 0.25) is 0 Å². The Morgan fingerprint density at radius 3 is 3.14 bits per heavy atom. The Morgan fingerprint density at radius 2 is 2.18 bits per heavy atom. The standard InChI is InChI=1S/C17H18N2O3/c20-17-11-2-1-6-18-12(11)8-13-15-10(5-7-19(13)17)3-4-14-16(15)22-9-21-14/h3-4,13,18H,1-2,5-9H2. The molecule has 0 aromatic heterocycles. The summed E-state index contributed by atoms with van der Waals surface area (Å²) in [6.07, 6.45) is 3.72. The smallest absolute Gasteiger partial charge is 0.252 e. The summed E-state index contributed by atoms with van der Waals surface area (Å²) in [4.78, 5) is 14.9. The van der Waals surface area contributed by atoms with Crippen LogP contribution < -0.4 is 14.8 Å². The molecule has 1 unspecified atom stereocenters. The second-order valence-electron chi connectivity index (χ2n) is 6.33. The zero-order chi connectivity index (χ0) is 14.7. The normalized spacial score (nSPS) is 25.4. The monoisotopic (exact) mass is 298 g/mol. The average Bonchev–Trinajstić information content (AvgIpc) is 3.03. The van der Waals surface area contributed by atoms with Crippen molar-refractivity contribution in [3.8, 4) is 11.5 Å². The lowest BCUT2D eigenvalue weighted by molar-refractivity contribution is -0.131. The number of hydrogen-bond donors (Lipinski definition) is 1. The molecule has 0 saturated heterocycles. The second-order valence-corrected chi connectivity index (χ2v) is 6.33. The van der Waals surface area contributed by atoms with E-state index in [-0.39, 0.29) is 18.7 Å². The van der Waals surface area contributed by atoms with Gasteiger partial charge in [0.15, 0.2) is 11.5 Å². The summed E-state index contributed by atoms with van der Waals surface area (Å²) in [5, 5.41) is 3.44. The number of nitrogens with one attached hydrogen (secondary N) is 1. The zero-order valence-electron chi connectivity index (χ0n) is 12.4. The van der Waals surface area contributed by atoms with E-state index >= 15 is 0 Å². The van der Waals surface area contributed by atoms with Crippen molar-refractivity contribution >= 4 is 5.91 Å². The first-order chi connectivity index (χ1) is 10.8. The minimum atomic E-state index is 0.0808. The molecule has 0 fully saturated rings. The average molecular weight is 298 g/mol. The number of rotatable bonds is 0. The summed E-state index contributed by atoms with van der Waals surface area (Å²) in [6, 6.07) is 4.20. The molecular weight excluding hydrogens is 280 g/mol. The molecule has 0 spiro atoms. The van der Waals surface area contributed by atoms with Crippen molar-refractivity contribution in [3.05, 3.63) is 34.5 Å². The molecule has 5 rings (SSSR count). The van der Waals surface area contributed by atoms with E-state index < -0.39 is 0 Å². The van der Waals surface area contributed by atoms with Crippen LogP contribution in [0.1, 0.15) is 36.4 Å². The van der Waals surface area contributed by atoms with Crippen molar-refractivity contribution < 1.29 is 14.3 Å². The predicted octanol–water partition coefficient (Wildman–Crippen LogP) is 1.88. The van der Waals surface area contributed by atoms with Crippen molar-refractivity contribution in [2.45, 2.75) is 31.7 Å². The number of ether oxygens (including phenoxy) is 2. The van der Waals surface area contributed by atoms with Gasteiger partial charge in [-0.3, -0.25) is 4.79 Å². The Bertz CT molecular complexity index is 710. The third kappa shape index (κ3) is 1.56. The van der Waals surface area contributed by atoms with Crippen LogP contribution in [0.5, 0.6) is 11.5 Å². The fourth-order valence-corrected chi connectivity index (χ4v) is 4.19. The van der Waals surface area contributed by atoms with Gasteiger partial charge < -0.3 is 19.7 Å². The summed E-state index contributed by atoms with van der Waals surface area (Å²) in [5.74, 6) is 1.87. The lowest BCUT2D eigenvalue weighted by Gasteiger charge is -2.43. The third-order valence-corrected chi connectivity index (χ3v) is 5.22. The van der Waals surface area contributed by atoms with Gasteiger partial charge in [0.1, 0.15) is 0 Å². The number of benzene rings is 1. The van der Waals surface area contributed by atoms with E-state index in [9.17, 15) is 4.79 Å². The molecule has 4 aliphatic rings. The molecule has 1 aromatic carbocycles. The first-order valence-corrected chi connectivity index (χ1v) is 8.01. The summed E-state index contributed by atoms with van der Waals surface area (Å²) in [6.45, 7) is 2.05. The van der Waals surface area contributed by atoms with Crippen molar-refractivity contribution in [1.82, 2.24) is 10.2 Å². The Kier molecular flexibility index (Phi) is 2.48. The van der Waals surface area contributed by atoms with Crippen molar-refractivity contribution in [1.29, 1.82) is 0 Å². The highest BCUT2D eigenvalue weighted by molar-refractivity contribution is 5.96. The molecule has 114 valence electrons. The minimum absolute atomic E-state index is 0.0808. The molecule has 0 saturated carbocycles. The van der Waals surface area contributed by atoms with Gasteiger partial charge in [-0.2, -0.15) is 0 Å². The van der Waals surface area contributed by atoms with Crippen LogP contribution in [-0.2, 0) is 11.2 Å². The Hall–Kier alpha value is -2.17. The molecule has 1 amide bonds. The molecule has 1 N–H and O–H groups in total. The van der Waals surface area contributed by atoms with Crippen LogP contribution in [0.4, 0.5) is 0 Å². The van der Waals surface area contributed by atoms with Crippen molar-refractivity contribution in [2.24, 2.45) is 0 Å². The Morgan fingerprint density at radius 1 is 1.23 bits per heavy atom. The maximum absolute atomic E-state index is 12.9. The van der Waals surface area contributed by atoms with E-state index in [2.05, 4.69) is 11.4 Å². The number of fused-ring (bicyclic) bond motifs is 5. The molecule has 5 heteroatoms. The summed E-state index contributed by atoms with van der Waals surface area (Å²) < 4.78 is 11.2. The van der Waals surface area contributed by atoms with Gasteiger partial charge in [-0.05, 0) is 30.9 Å².